The Morgan fingerprint density at radius 1 is 1.23 bits per heavy atom. The molecule has 9 heteroatoms. The molecule has 2 aromatic rings. The highest BCUT2D eigenvalue weighted by Crippen LogP contribution is 2.44. The van der Waals surface area contributed by atoms with Crippen molar-refractivity contribution in [1.29, 1.82) is 0 Å². The van der Waals surface area contributed by atoms with Gasteiger partial charge in [-0.05, 0) is 24.6 Å². The summed E-state index contributed by atoms with van der Waals surface area (Å²) in [7, 11) is 3.26. The van der Waals surface area contributed by atoms with Gasteiger partial charge in [-0.2, -0.15) is 0 Å². The lowest BCUT2D eigenvalue weighted by atomic mass is 10.00. The second-order valence-electron chi connectivity index (χ2n) is 6.00. The Balaban J connectivity index is 2.11. The minimum atomic E-state index is -0.471. The first-order valence-corrected chi connectivity index (χ1v) is 8.75. The van der Waals surface area contributed by atoms with E-state index in [1.807, 2.05) is 13.0 Å². The van der Waals surface area contributed by atoms with Crippen LogP contribution in [0, 0.1) is 6.92 Å². The number of hydrogen-bond acceptors (Lipinski definition) is 7. The van der Waals surface area contributed by atoms with Crippen LogP contribution in [0.2, 0.25) is 10.0 Å². The van der Waals surface area contributed by atoms with Crippen molar-refractivity contribution < 1.29 is 14.3 Å². The van der Waals surface area contributed by atoms with Crippen molar-refractivity contribution in [3.63, 3.8) is 0 Å². The van der Waals surface area contributed by atoms with E-state index in [2.05, 4.69) is 9.97 Å². The number of hydroxylamine groups is 1. The number of rotatable bonds is 6. The predicted molar refractivity (Wildman–Crippen MR) is 98.2 cm³/mol. The molecule has 26 heavy (non-hydrogen) atoms. The van der Waals surface area contributed by atoms with Crippen molar-refractivity contribution in [2.24, 2.45) is 5.84 Å². The van der Waals surface area contributed by atoms with Gasteiger partial charge in [0.1, 0.15) is 17.6 Å². The fourth-order valence-electron chi connectivity index (χ4n) is 3.06. The Morgan fingerprint density at radius 3 is 2.54 bits per heavy atom. The van der Waals surface area contributed by atoms with Crippen LogP contribution in [0.1, 0.15) is 34.7 Å². The fraction of sp³-hybridized carbons (Fsp3) is 0.412. The molecule has 0 spiro atoms. The second kappa shape index (κ2) is 8.04. The van der Waals surface area contributed by atoms with Crippen LogP contribution < -0.4 is 10.7 Å². The van der Waals surface area contributed by atoms with Gasteiger partial charge in [0.25, 0.3) is 0 Å². The lowest BCUT2D eigenvalue weighted by Crippen LogP contribution is -2.34. The maximum atomic E-state index is 6.38. The maximum absolute atomic E-state index is 6.38. The van der Waals surface area contributed by atoms with Gasteiger partial charge in [-0.1, -0.05) is 34.4 Å². The van der Waals surface area contributed by atoms with Crippen LogP contribution in [-0.2, 0) is 9.47 Å². The molecule has 0 saturated carbocycles. The summed E-state index contributed by atoms with van der Waals surface area (Å²) in [5.41, 5.74) is 2.09. The maximum Gasteiger partial charge on any atom is 0.194 e. The van der Waals surface area contributed by atoms with Crippen LogP contribution in [0.4, 0.5) is 0 Å². The summed E-state index contributed by atoms with van der Waals surface area (Å²) >= 11 is 12.4. The molecule has 1 aliphatic rings. The number of hydrogen-bond donors (Lipinski definition) is 1. The number of nitrogens with zero attached hydrogens (tertiary/aromatic N) is 3. The van der Waals surface area contributed by atoms with Gasteiger partial charge in [-0.15, -0.1) is 0 Å². The molecule has 0 amide bonds. The van der Waals surface area contributed by atoms with Crippen LogP contribution >= 0.6 is 23.2 Å². The zero-order chi connectivity index (χ0) is 18.8. The van der Waals surface area contributed by atoms with Crippen LogP contribution in [0.3, 0.4) is 0 Å². The van der Waals surface area contributed by atoms with Crippen LogP contribution in [0.15, 0.2) is 18.2 Å². The molecule has 1 unspecified atom stereocenters. The van der Waals surface area contributed by atoms with Gasteiger partial charge in [-0.3, -0.25) is 0 Å². The molecule has 140 valence electrons. The summed E-state index contributed by atoms with van der Waals surface area (Å²) in [6, 6.07) is 4.76. The first-order valence-electron chi connectivity index (χ1n) is 7.99. The smallest absolute Gasteiger partial charge is 0.194 e. The number of hydrazine groups is 1. The largest absolute Gasteiger partial charge is 0.386 e. The third-order valence-electron chi connectivity index (χ3n) is 4.12. The Labute approximate surface area is 161 Å². The SMILES string of the molecule is COCC(COC)c1nc(C)nc2c1ON(N)C2c1ccc(Cl)cc1Cl. The van der Waals surface area contributed by atoms with Crippen molar-refractivity contribution in [1.82, 2.24) is 15.1 Å². The molecule has 0 saturated heterocycles. The number of aryl methyl sites for hydroxylation is 1. The predicted octanol–water partition coefficient (Wildman–Crippen LogP) is 3.04. The quantitative estimate of drug-likeness (QED) is 0.748. The lowest BCUT2D eigenvalue weighted by molar-refractivity contribution is -0.0630. The Morgan fingerprint density at radius 2 is 1.92 bits per heavy atom. The molecule has 0 radical (unpaired) electrons. The van der Waals surface area contributed by atoms with E-state index in [1.54, 1.807) is 26.4 Å². The molecular formula is C17H20Cl2N4O3. The minimum absolute atomic E-state index is 0.117. The van der Waals surface area contributed by atoms with E-state index in [-0.39, 0.29) is 5.92 Å². The highest BCUT2D eigenvalue weighted by atomic mass is 35.5. The number of fused-ring (bicyclic) bond motifs is 1. The molecular weight excluding hydrogens is 379 g/mol. The molecule has 0 fully saturated rings. The van der Waals surface area contributed by atoms with Gasteiger partial charge in [0.2, 0.25) is 0 Å². The molecule has 1 atom stereocenters. The summed E-state index contributed by atoms with van der Waals surface area (Å²) in [5.74, 6) is 7.12. The highest BCUT2D eigenvalue weighted by Gasteiger charge is 2.39. The number of methoxy groups -OCH3 is 2. The van der Waals surface area contributed by atoms with Crippen molar-refractivity contribution in [2.75, 3.05) is 27.4 Å². The normalized spacial score (nSPS) is 16.8. The van der Waals surface area contributed by atoms with Crippen molar-refractivity contribution in [3.05, 3.63) is 51.0 Å². The summed E-state index contributed by atoms with van der Waals surface area (Å²) in [6.45, 7) is 2.67. The standard InChI is InChI=1S/C17H20Cl2N4O3/c1-9-21-14(10(7-24-2)8-25-3)17-15(22-9)16(23(20)26-17)12-5-4-11(18)6-13(12)19/h4-6,10,16H,7-8,20H2,1-3H3. The summed E-state index contributed by atoms with van der Waals surface area (Å²) in [6.07, 6.45) is 0. The number of ether oxygens (including phenoxy) is 2. The van der Waals surface area contributed by atoms with Gasteiger partial charge in [0.05, 0.1) is 24.8 Å². The highest BCUT2D eigenvalue weighted by molar-refractivity contribution is 6.35. The Hall–Kier alpha value is -1.48. The van der Waals surface area contributed by atoms with Gasteiger partial charge in [0, 0.05) is 24.3 Å². The van der Waals surface area contributed by atoms with Gasteiger partial charge in [-0.25, -0.2) is 15.8 Å². The lowest BCUT2D eigenvalue weighted by Gasteiger charge is -2.18. The van der Waals surface area contributed by atoms with Crippen LogP contribution in [0.25, 0.3) is 0 Å². The van der Waals surface area contributed by atoms with E-state index in [0.29, 0.717) is 46.2 Å². The summed E-state index contributed by atoms with van der Waals surface area (Å²) < 4.78 is 10.6. The van der Waals surface area contributed by atoms with Gasteiger partial charge >= 0.3 is 0 Å². The van der Waals surface area contributed by atoms with E-state index in [0.717, 1.165) is 5.56 Å². The second-order valence-corrected chi connectivity index (χ2v) is 6.84. The van der Waals surface area contributed by atoms with Crippen molar-refractivity contribution in [2.45, 2.75) is 18.9 Å². The van der Waals surface area contributed by atoms with E-state index in [1.165, 1.54) is 5.17 Å². The zero-order valence-corrected chi connectivity index (χ0v) is 16.2. The molecule has 0 aliphatic carbocycles. The van der Waals surface area contributed by atoms with Crippen LogP contribution in [0.5, 0.6) is 5.75 Å². The summed E-state index contributed by atoms with van der Waals surface area (Å²) in [4.78, 5) is 14.9. The third-order valence-corrected chi connectivity index (χ3v) is 4.68. The first-order chi connectivity index (χ1) is 12.5. The van der Waals surface area contributed by atoms with Crippen LogP contribution in [-0.4, -0.2) is 42.6 Å². The first kappa shape index (κ1) is 19.3. The monoisotopic (exact) mass is 398 g/mol. The number of halogens is 2. The molecule has 1 aliphatic heterocycles. The fourth-order valence-corrected chi connectivity index (χ4v) is 3.57. The zero-order valence-electron chi connectivity index (χ0n) is 14.7. The average molecular weight is 399 g/mol. The van der Waals surface area contributed by atoms with Gasteiger partial charge in [0.15, 0.2) is 5.75 Å². The minimum Gasteiger partial charge on any atom is -0.386 e. The van der Waals surface area contributed by atoms with Gasteiger partial charge < -0.3 is 14.3 Å². The third kappa shape index (κ3) is 3.64. The molecule has 0 bridgehead atoms. The molecule has 1 aromatic carbocycles. The van der Waals surface area contributed by atoms with Crippen molar-refractivity contribution >= 4 is 23.2 Å². The molecule has 1 aromatic heterocycles. The molecule has 2 heterocycles. The molecule has 3 rings (SSSR count). The van der Waals surface area contributed by atoms with Crippen molar-refractivity contribution in [3.8, 4) is 5.75 Å². The van der Waals surface area contributed by atoms with E-state index >= 15 is 0 Å². The number of benzene rings is 1. The van der Waals surface area contributed by atoms with E-state index in [4.69, 9.17) is 43.4 Å². The Bertz CT molecular complexity index is 800. The topological polar surface area (TPSA) is 82.7 Å². The molecule has 7 nitrogen and oxygen atoms in total. The number of nitrogens with two attached hydrogens (primary N) is 1. The molecule has 2 N–H and O–H groups in total. The summed E-state index contributed by atoms with van der Waals surface area (Å²) in [5, 5.41) is 2.26. The average Bonchev–Trinajstić information content (AvgIpc) is 2.90. The Kier molecular flexibility index (Phi) is 5.96. The number of aromatic nitrogens is 2. The van der Waals surface area contributed by atoms with E-state index < -0.39 is 6.04 Å². The van der Waals surface area contributed by atoms with E-state index in [9.17, 15) is 0 Å².